The molecule has 1 aromatic heterocycles. The minimum absolute atomic E-state index is 0.0859. The lowest BCUT2D eigenvalue weighted by Crippen LogP contribution is -2.36. The number of nitrogens with one attached hydrogen (secondary N) is 2. The monoisotopic (exact) mass is 295 g/mol. The van der Waals surface area contributed by atoms with Crippen molar-refractivity contribution in [3.05, 3.63) is 54.4 Å². The van der Waals surface area contributed by atoms with E-state index in [-0.39, 0.29) is 11.9 Å². The fraction of sp³-hybridized carbons (Fsp3) is 0.333. The lowest BCUT2D eigenvalue weighted by atomic mass is 10.0. The molecule has 2 aromatic rings. The molecular formula is C18H21N3O. The Bertz CT molecular complexity index is 621. The van der Waals surface area contributed by atoms with Crippen molar-refractivity contribution < 1.29 is 4.79 Å². The zero-order valence-electron chi connectivity index (χ0n) is 12.8. The molecule has 0 radical (unpaired) electrons. The van der Waals surface area contributed by atoms with E-state index in [4.69, 9.17) is 0 Å². The van der Waals surface area contributed by atoms with Crippen molar-refractivity contribution in [1.82, 2.24) is 15.6 Å². The van der Waals surface area contributed by atoms with Crippen molar-refractivity contribution in [2.75, 3.05) is 6.54 Å². The summed E-state index contributed by atoms with van der Waals surface area (Å²) in [7, 11) is 0. The normalized spacial score (nSPS) is 15.3. The van der Waals surface area contributed by atoms with Gasteiger partial charge in [-0.15, -0.1) is 0 Å². The molecule has 1 fully saturated rings. The largest absolute Gasteiger partial charge is 0.352 e. The van der Waals surface area contributed by atoms with Crippen LogP contribution in [0.4, 0.5) is 0 Å². The molecule has 1 heterocycles. The number of pyridine rings is 1. The van der Waals surface area contributed by atoms with Crippen LogP contribution in [-0.2, 0) is 4.79 Å². The molecule has 2 N–H and O–H groups in total. The number of rotatable bonds is 6. The highest BCUT2D eigenvalue weighted by atomic mass is 16.2. The molecule has 1 aliphatic rings. The first-order valence-corrected chi connectivity index (χ1v) is 7.75. The maximum Gasteiger partial charge on any atom is 0.234 e. The van der Waals surface area contributed by atoms with Crippen molar-refractivity contribution >= 4 is 5.91 Å². The van der Waals surface area contributed by atoms with Crippen LogP contribution in [0.15, 0.2) is 48.8 Å². The topological polar surface area (TPSA) is 54.0 Å². The van der Waals surface area contributed by atoms with E-state index in [0.717, 1.165) is 18.4 Å². The zero-order chi connectivity index (χ0) is 15.4. The van der Waals surface area contributed by atoms with E-state index >= 15 is 0 Å². The SMILES string of the molecule is CC(NCC(=O)NC1CC1)c1ccc(-c2ccncc2)cc1. The van der Waals surface area contributed by atoms with Crippen molar-refractivity contribution in [2.24, 2.45) is 0 Å². The van der Waals surface area contributed by atoms with Crippen LogP contribution in [0.25, 0.3) is 11.1 Å². The molecule has 0 aliphatic heterocycles. The molecule has 1 aliphatic carbocycles. The predicted octanol–water partition coefficient (Wildman–Crippen LogP) is 2.68. The molecular weight excluding hydrogens is 274 g/mol. The fourth-order valence-corrected chi connectivity index (χ4v) is 2.38. The van der Waals surface area contributed by atoms with Gasteiger partial charge in [-0.05, 0) is 48.6 Å². The summed E-state index contributed by atoms with van der Waals surface area (Å²) in [5, 5.41) is 6.25. The first-order chi connectivity index (χ1) is 10.7. The van der Waals surface area contributed by atoms with Crippen molar-refractivity contribution in [3.8, 4) is 11.1 Å². The second kappa shape index (κ2) is 6.71. The third kappa shape index (κ3) is 3.92. The van der Waals surface area contributed by atoms with Gasteiger partial charge in [0.1, 0.15) is 0 Å². The highest BCUT2D eigenvalue weighted by molar-refractivity contribution is 5.78. The number of nitrogens with zero attached hydrogens (tertiary/aromatic N) is 1. The van der Waals surface area contributed by atoms with Crippen molar-refractivity contribution in [3.63, 3.8) is 0 Å². The van der Waals surface area contributed by atoms with Gasteiger partial charge in [0.05, 0.1) is 6.54 Å². The van der Waals surface area contributed by atoms with Gasteiger partial charge in [-0.2, -0.15) is 0 Å². The molecule has 0 spiro atoms. The summed E-state index contributed by atoms with van der Waals surface area (Å²) in [5.41, 5.74) is 3.51. The van der Waals surface area contributed by atoms with E-state index in [2.05, 4.69) is 46.8 Å². The van der Waals surface area contributed by atoms with Gasteiger partial charge in [0.25, 0.3) is 0 Å². The van der Waals surface area contributed by atoms with Crippen LogP contribution in [0.2, 0.25) is 0 Å². The Morgan fingerprint density at radius 2 is 1.77 bits per heavy atom. The molecule has 1 atom stereocenters. The molecule has 1 saturated carbocycles. The highest BCUT2D eigenvalue weighted by Crippen LogP contribution is 2.21. The number of benzene rings is 1. The summed E-state index contributed by atoms with van der Waals surface area (Å²) < 4.78 is 0. The van der Waals surface area contributed by atoms with Crippen LogP contribution < -0.4 is 10.6 Å². The Balaban J connectivity index is 1.56. The molecule has 0 saturated heterocycles. The van der Waals surface area contributed by atoms with Crippen LogP contribution in [-0.4, -0.2) is 23.5 Å². The van der Waals surface area contributed by atoms with E-state index in [1.165, 1.54) is 11.1 Å². The minimum atomic E-state index is 0.0859. The van der Waals surface area contributed by atoms with Crippen LogP contribution >= 0.6 is 0 Å². The minimum Gasteiger partial charge on any atom is -0.352 e. The second-order valence-corrected chi connectivity index (χ2v) is 5.80. The van der Waals surface area contributed by atoms with E-state index in [0.29, 0.717) is 12.6 Å². The highest BCUT2D eigenvalue weighted by Gasteiger charge is 2.23. The van der Waals surface area contributed by atoms with Gasteiger partial charge in [0, 0.05) is 24.5 Å². The Labute approximate surface area is 131 Å². The summed E-state index contributed by atoms with van der Waals surface area (Å²) in [6.07, 6.45) is 5.84. The Morgan fingerprint density at radius 1 is 1.14 bits per heavy atom. The van der Waals surface area contributed by atoms with Gasteiger partial charge >= 0.3 is 0 Å². The quantitative estimate of drug-likeness (QED) is 0.861. The van der Waals surface area contributed by atoms with E-state index in [1.807, 2.05) is 12.1 Å². The van der Waals surface area contributed by atoms with Crippen LogP contribution in [0.3, 0.4) is 0 Å². The van der Waals surface area contributed by atoms with Crippen LogP contribution in [0.1, 0.15) is 31.4 Å². The van der Waals surface area contributed by atoms with Gasteiger partial charge in [-0.1, -0.05) is 24.3 Å². The molecule has 4 heteroatoms. The number of aromatic nitrogens is 1. The maximum absolute atomic E-state index is 11.7. The van der Waals surface area contributed by atoms with Crippen LogP contribution in [0, 0.1) is 0 Å². The van der Waals surface area contributed by atoms with E-state index in [9.17, 15) is 4.79 Å². The first kappa shape index (κ1) is 14.7. The number of hydrogen-bond donors (Lipinski definition) is 2. The smallest absolute Gasteiger partial charge is 0.234 e. The van der Waals surface area contributed by atoms with Gasteiger partial charge in [0.15, 0.2) is 0 Å². The van der Waals surface area contributed by atoms with Gasteiger partial charge in [-0.3, -0.25) is 9.78 Å². The fourth-order valence-electron chi connectivity index (χ4n) is 2.38. The van der Waals surface area contributed by atoms with Crippen molar-refractivity contribution in [2.45, 2.75) is 31.8 Å². The van der Waals surface area contributed by atoms with Gasteiger partial charge < -0.3 is 10.6 Å². The van der Waals surface area contributed by atoms with Gasteiger partial charge in [-0.25, -0.2) is 0 Å². The number of hydrogen-bond acceptors (Lipinski definition) is 3. The van der Waals surface area contributed by atoms with E-state index < -0.39 is 0 Å². The molecule has 3 rings (SSSR count). The average molecular weight is 295 g/mol. The summed E-state index contributed by atoms with van der Waals surface area (Å²) >= 11 is 0. The standard InChI is InChI=1S/C18H21N3O/c1-13(20-12-18(22)21-17-6-7-17)14-2-4-15(5-3-14)16-8-10-19-11-9-16/h2-5,8-11,13,17,20H,6-7,12H2,1H3,(H,21,22). The number of carbonyl (C=O) groups is 1. The average Bonchev–Trinajstić information content (AvgIpc) is 3.37. The molecule has 1 amide bonds. The third-order valence-corrected chi connectivity index (χ3v) is 3.94. The summed E-state index contributed by atoms with van der Waals surface area (Å²) in [4.78, 5) is 15.7. The molecule has 1 aromatic carbocycles. The van der Waals surface area contributed by atoms with Crippen LogP contribution in [0.5, 0.6) is 0 Å². The predicted molar refractivity (Wildman–Crippen MR) is 87.3 cm³/mol. The molecule has 1 unspecified atom stereocenters. The third-order valence-electron chi connectivity index (χ3n) is 3.94. The summed E-state index contributed by atoms with van der Waals surface area (Å²) in [6, 6.07) is 13.0. The van der Waals surface area contributed by atoms with Crippen molar-refractivity contribution in [1.29, 1.82) is 0 Å². The lowest BCUT2D eigenvalue weighted by Gasteiger charge is -2.14. The lowest BCUT2D eigenvalue weighted by molar-refractivity contribution is -0.120. The Hall–Kier alpha value is -2.20. The Kier molecular flexibility index (Phi) is 4.49. The first-order valence-electron chi connectivity index (χ1n) is 7.75. The molecule has 22 heavy (non-hydrogen) atoms. The zero-order valence-corrected chi connectivity index (χ0v) is 12.8. The second-order valence-electron chi connectivity index (χ2n) is 5.80. The number of carbonyl (C=O) groups excluding carboxylic acids is 1. The summed E-state index contributed by atoms with van der Waals surface area (Å²) in [5.74, 6) is 0.0859. The molecule has 0 bridgehead atoms. The molecule has 114 valence electrons. The van der Waals surface area contributed by atoms with Gasteiger partial charge in [0.2, 0.25) is 5.91 Å². The molecule has 4 nitrogen and oxygen atoms in total. The Morgan fingerprint density at radius 3 is 2.41 bits per heavy atom. The number of amides is 1. The van der Waals surface area contributed by atoms with E-state index in [1.54, 1.807) is 12.4 Å². The summed E-state index contributed by atoms with van der Waals surface area (Å²) in [6.45, 7) is 2.44. The maximum atomic E-state index is 11.7.